The third-order valence-electron chi connectivity index (χ3n) is 5.00. The highest BCUT2D eigenvalue weighted by Crippen LogP contribution is 2.40. The van der Waals surface area contributed by atoms with Gasteiger partial charge in [0.05, 0.1) is 5.69 Å². The molecule has 0 saturated carbocycles. The molecule has 0 radical (unpaired) electrons. The van der Waals surface area contributed by atoms with E-state index in [1.807, 2.05) is 6.07 Å². The maximum absolute atomic E-state index is 6.55. The number of benzene rings is 2. The molecule has 3 heteroatoms. The first-order chi connectivity index (χ1) is 11.0. The van der Waals surface area contributed by atoms with Crippen molar-refractivity contribution in [3.63, 3.8) is 0 Å². The lowest BCUT2D eigenvalue weighted by molar-refractivity contribution is 0.494. The normalized spacial score (nSPS) is 12.2. The fraction of sp³-hybridized carbons (Fsp3) is 0.429. The van der Waals surface area contributed by atoms with E-state index >= 15 is 0 Å². The lowest BCUT2D eigenvalue weighted by Crippen LogP contribution is -2.44. The van der Waals surface area contributed by atoms with E-state index in [2.05, 4.69) is 90.3 Å². The van der Waals surface area contributed by atoms with Gasteiger partial charge < -0.3 is 9.74 Å². The molecule has 0 unspecified atom stereocenters. The molecule has 130 valence electrons. The van der Waals surface area contributed by atoms with Crippen LogP contribution in [-0.2, 0) is 0 Å². The average Bonchev–Trinajstić information content (AvgIpc) is 2.42. The molecule has 2 aromatic rings. The highest BCUT2D eigenvalue weighted by atomic mass is 28.4. The Morgan fingerprint density at radius 1 is 0.917 bits per heavy atom. The molecular formula is C21H31NOSi. The SMILES string of the molecule is Cc1cc(C)c(Nc2ccccc2O[Si](C)(C)C(C)(C)C)c(C)c1. The van der Waals surface area contributed by atoms with Crippen LogP contribution in [0.3, 0.4) is 0 Å². The Labute approximate surface area is 148 Å². The zero-order valence-corrected chi connectivity index (χ0v) is 17.4. The van der Waals surface area contributed by atoms with Crippen molar-refractivity contribution in [3.8, 4) is 5.75 Å². The highest BCUT2D eigenvalue weighted by Gasteiger charge is 2.39. The van der Waals surface area contributed by atoms with Gasteiger partial charge in [-0.05, 0) is 62.2 Å². The monoisotopic (exact) mass is 341 g/mol. The molecule has 0 heterocycles. The van der Waals surface area contributed by atoms with Gasteiger partial charge in [-0.3, -0.25) is 0 Å². The molecule has 2 nitrogen and oxygen atoms in total. The molecule has 0 aliphatic heterocycles. The largest absolute Gasteiger partial charge is 0.542 e. The summed E-state index contributed by atoms with van der Waals surface area (Å²) in [6.07, 6.45) is 0. The van der Waals surface area contributed by atoms with Crippen molar-refractivity contribution in [2.75, 3.05) is 5.32 Å². The number of rotatable bonds is 4. The van der Waals surface area contributed by atoms with Gasteiger partial charge in [-0.15, -0.1) is 0 Å². The molecular weight excluding hydrogens is 310 g/mol. The molecule has 0 bridgehead atoms. The van der Waals surface area contributed by atoms with Gasteiger partial charge in [0.1, 0.15) is 5.75 Å². The molecule has 0 aliphatic carbocycles. The Morgan fingerprint density at radius 2 is 1.46 bits per heavy atom. The second-order valence-electron chi connectivity index (χ2n) is 8.26. The first-order valence-corrected chi connectivity index (χ1v) is 11.5. The van der Waals surface area contributed by atoms with Crippen molar-refractivity contribution < 1.29 is 4.43 Å². The van der Waals surface area contributed by atoms with Crippen LogP contribution in [0.2, 0.25) is 18.1 Å². The molecule has 0 amide bonds. The third kappa shape index (κ3) is 4.01. The molecule has 2 rings (SSSR count). The van der Waals surface area contributed by atoms with Crippen LogP contribution in [0.5, 0.6) is 5.75 Å². The van der Waals surface area contributed by atoms with Gasteiger partial charge in [0, 0.05) is 5.69 Å². The van der Waals surface area contributed by atoms with Gasteiger partial charge in [-0.2, -0.15) is 0 Å². The summed E-state index contributed by atoms with van der Waals surface area (Å²) in [7, 11) is -1.87. The van der Waals surface area contributed by atoms with Crippen LogP contribution in [0, 0.1) is 20.8 Å². The summed E-state index contributed by atoms with van der Waals surface area (Å²) in [6, 6.07) is 12.7. The number of aryl methyl sites for hydroxylation is 3. The lowest BCUT2D eigenvalue weighted by atomic mass is 10.0. The van der Waals surface area contributed by atoms with Crippen molar-refractivity contribution >= 4 is 19.7 Å². The topological polar surface area (TPSA) is 21.3 Å². The smallest absolute Gasteiger partial charge is 0.250 e. The number of anilines is 2. The molecule has 0 atom stereocenters. The number of hydrogen-bond donors (Lipinski definition) is 1. The van der Waals surface area contributed by atoms with Crippen molar-refractivity contribution in [2.24, 2.45) is 0 Å². The summed E-state index contributed by atoms with van der Waals surface area (Å²) in [5.41, 5.74) is 6.02. The zero-order valence-electron chi connectivity index (χ0n) is 16.4. The number of hydrogen-bond acceptors (Lipinski definition) is 2. The Balaban J connectivity index is 2.37. The van der Waals surface area contributed by atoms with Gasteiger partial charge in [0.25, 0.3) is 8.32 Å². The summed E-state index contributed by atoms with van der Waals surface area (Å²) in [6.45, 7) is 17.8. The van der Waals surface area contributed by atoms with Crippen molar-refractivity contribution in [2.45, 2.75) is 59.7 Å². The lowest BCUT2D eigenvalue weighted by Gasteiger charge is -2.37. The summed E-state index contributed by atoms with van der Waals surface area (Å²) in [4.78, 5) is 0. The minimum absolute atomic E-state index is 0.176. The van der Waals surface area contributed by atoms with Crippen LogP contribution >= 0.6 is 0 Å². The van der Waals surface area contributed by atoms with E-state index in [-0.39, 0.29) is 5.04 Å². The molecule has 0 fully saturated rings. The van der Waals surface area contributed by atoms with E-state index in [0.29, 0.717) is 0 Å². The molecule has 24 heavy (non-hydrogen) atoms. The molecule has 0 aliphatic rings. The Kier molecular flexibility index (Phi) is 5.14. The maximum atomic E-state index is 6.55. The molecule has 0 aromatic heterocycles. The minimum Gasteiger partial charge on any atom is -0.542 e. The van der Waals surface area contributed by atoms with E-state index in [0.717, 1.165) is 11.4 Å². The summed E-state index contributed by atoms with van der Waals surface area (Å²) < 4.78 is 6.55. The third-order valence-corrected chi connectivity index (χ3v) is 9.34. The molecule has 0 spiro atoms. The van der Waals surface area contributed by atoms with Crippen LogP contribution in [0.1, 0.15) is 37.5 Å². The van der Waals surface area contributed by atoms with Gasteiger partial charge in [0.15, 0.2) is 0 Å². The van der Waals surface area contributed by atoms with Gasteiger partial charge in [0.2, 0.25) is 0 Å². The van der Waals surface area contributed by atoms with E-state index in [4.69, 9.17) is 4.43 Å². The van der Waals surface area contributed by atoms with E-state index in [9.17, 15) is 0 Å². The van der Waals surface area contributed by atoms with E-state index < -0.39 is 8.32 Å². The van der Waals surface area contributed by atoms with Crippen LogP contribution in [0.15, 0.2) is 36.4 Å². The van der Waals surface area contributed by atoms with Crippen LogP contribution in [-0.4, -0.2) is 8.32 Å². The summed E-state index contributed by atoms with van der Waals surface area (Å²) >= 11 is 0. The van der Waals surface area contributed by atoms with E-state index in [1.165, 1.54) is 22.4 Å². The zero-order chi connectivity index (χ0) is 18.1. The maximum Gasteiger partial charge on any atom is 0.250 e. The van der Waals surface area contributed by atoms with Crippen LogP contribution in [0.25, 0.3) is 0 Å². The van der Waals surface area contributed by atoms with Crippen molar-refractivity contribution in [3.05, 3.63) is 53.1 Å². The quantitative estimate of drug-likeness (QED) is 0.622. The Hall–Kier alpha value is -1.74. The highest BCUT2D eigenvalue weighted by molar-refractivity contribution is 6.74. The number of nitrogens with one attached hydrogen (secondary N) is 1. The molecule has 2 aromatic carbocycles. The van der Waals surface area contributed by atoms with Gasteiger partial charge in [-0.25, -0.2) is 0 Å². The molecule has 0 saturated heterocycles. The Bertz CT molecular complexity index is 706. The second kappa shape index (κ2) is 6.64. The predicted octanol–water partition coefficient (Wildman–Crippen LogP) is 6.74. The van der Waals surface area contributed by atoms with Crippen LogP contribution in [0.4, 0.5) is 11.4 Å². The van der Waals surface area contributed by atoms with Crippen LogP contribution < -0.4 is 9.74 Å². The average molecular weight is 342 g/mol. The van der Waals surface area contributed by atoms with Crippen molar-refractivity contribution in [1.29, 1.82) is 0 Å². The Morgan fingerprint density at radius 3 is 2.00 bits per heavy atom. The second-order valence-corrected chi connectivity index (χ2v) is 13.0. The first-order valence-electron chi connectivity index (χ1n) is 8.64. The standard InChI is InChI=1S/C21H31NOSi/c1-15-13-16(2)20(17(3)14-15)22-18-11-9-10-12-19(18)23-24(7,8)21(4,5)6/h9-14,22H,1-8H3. The summed E-state index contributed by atoms with van der Waals surface area (Å²) in [5, 5.41) is 3.78. The summed E-state index contributed by atoms with van der Waals surface area (Å²) in [5.74, 6) is 0.948. The number of para-hydroxylation sites is 2. The fourth-order valence-corrected chi connectivity index (χ4v) is 3.63. The fourth-order valence-electron chi connectivity index (χ4n) is 2.60. The molecule has 1 N–H and O–H groups in total. The first kappa shape index (κ1) is 18.6. The van der Waals surface area contributed by atoms with Crippen molar-refractivity contribution in [1.82, 2.24) is 0 Å². The van der Waals surface area contributed by atoms with Gasteiger partial charge >= 0.3 is 0 Å². The van der Waals surface area contributed by atoms with E-state index in [1.54, 1.807) is 0 Å². The van der Waals surface area contributed by atoms with Gasteiger partial charge in [-0.1, -0.05) is 50.6 Å². The predicted molar refractivity (Wildman–Crippen MR) is 108 cm³/mol. The minimum atomic E-state index is -1.87.